The Hall–Kier alpha value is -2.02. The Morgan fingerprint density at radius 2 is 1.96 bits per heavy atom. The summed E-state index contributed by atoms with van der Waals surface area (Å²) in [6, 6.07) is 2.18. The van der Waals surface area contributed by atoms with Gasteiger partial charge in [-0.1, -0.05) is 0 Å². The molecular weight excluding hydrogens is 326 g/mol. The van der Waals surface area contributed by atoms with Gasteiger partial charge in [0, 0.05) is 49.4 Å². The quantitative estimate of drug-likeness (QED) is 0.613. The van der Waals surface area contributed by atoms with Gasteiger partial charge in [0.25, 0.3) is 0 Å². The van der Waals surface area contributed by atoms with Crippen LogP contribution in [0, 0.1) is 0 Å². The van der Waals surface area contributed by atoms with Crippen molar-refractivity contribution in [1.82, 2.24) is 14.7 Å². The lowest BCUT2D eigenvalue weighted by molar-refractivity contribution is -0.160. The van der Waals surface area contributed by atoms with Gasteiger partial charge in [-0.3, -0.25) is 4.79 Å². The summed E-state index contributed by atoms with van der Waals surface area (Å²) >= 11 is 1.79. The summed E-state index contributed by atoms with van der Waals surface area (Å²) in [5.74, 6) is -1.28. The minimum Gasteiger partial charge on any atom is -0.459 e. The van der Waals surface area contributed by atoms with Crippen molar-refractivity contribution in [3.63, 3.8) is 0 Å². The van der Waals surface area contributed by atoms with Crippen LogP contribution >= 0.6 is 11.3 Å². The highest BCUT2D eigenvalue weighted by molar-refractivity contribution is 7.10. The zero-order valence-corrected chi connectivity index (χ0v) is 15.0. The van der Waals surface area contributed by atoms with Crippen molar-refractivity contribution in [2.75, 3.05) is 39.3 Å². The van der Waals surface area contributed by atoms with Gasteiger partial charge in [-0.15, -0.1) is 11.3 Å². The fourth-order valence-electron chi connectivity index (χ4n) is 3.09. The molecule has 2 aliphatic heterocycles. The topological polar surface area (TPSA) is 53.1 Å². The highest BCUT2D eigenvalue weighted by Crippen LogP contribution is 2.33. The van der Waals surface area contributed by atoms with Gasteiger partial charge in [-0.05, 0) is 25.3 Å². The molecule has 1 saturated heterocycles. The second kappa shape index (κ2) is 7.25. The van der Waals surface area contributed by atoms with E-state index in [0.717, 1.165) is 26.2 Å². The minimum atomic E-state index is -0.750. The molecule has 0 radical (unpaired) electrons. The van der Waals surface area contributed by atoms with E-state index in [0.29, 0.717) is 13.1 Å². The summed E-state index contributed by atoms with van der Waals surface area (Å²) in [5, 5.41) is 2.14. The number of rotatable bonds is 3. The molecular formula is C17H23N3O3S. The second-order valence-corrected chi connectivity index (χ2v) is 6.84. The molecule has 130 valence electrons. The number of carbonyl (C=O) groups is 2. The zero-order chi connectivity index (χ0) is 17.1. The third kappa shape index (κ3) is 3.26. The molecule has 0 spiro atoms. The molecule has 7 heteroatoms. The monoisotopic (exact) mass is 349 g/mol. The molecule has 0 bridgehead atoms. The Labute approximate surface area is 146 Å². The fraction of sp³-hybridized carbons (Fsp3) is 0.529. The van der Waals surface area contributed by atoms with Crippen LogP contribution in [0.5, 0.6) is 0 Å². The molecule has 1 fully saturated rings. The molecule has 0 atom stereocenters. The molecule has 1 amide bonds. The summed E-state index contributed by atoms with van der Waals surface area (Å²) in [4.78, 5) is 31.2. The predicted molar refractivity (Wildman–Crippen MR) is 93.2 cm³/mol. The Balaban J connectivity index is 1.67. The summed E-state index contributed by atoms with van der Waals surface area (Å²) in [6.45, 7) is 8.57. The van der Waals surface area contributed by atoms with Crippen LogP contribution in [0.1, 0.15) is 24.3 Å². The maximum atomic E-state index is 12.0. The first-order valence-corrected chi connectivity index (χ1v) is 9.25. The third-order valence-electron chi connectivity index (χ3n) is 4.44. The number of amides is 1. The van der Waals surface area contributed by atoms with Crippen molar-refractivity contribution in [3.8, 4) is 0 Å². The van der Waals surface area contributed by atoms with Crippen LogP contribution < -0.4 is 0 Å². The number of ether oxygens (including phenoxy) is 1. The van der Waals surface area contributed by atoms with E-state index < -0.39 is 11.9 Å². The van der Waals surface area contributed by atoms with Crippen molar-refractivity contribution in [2.24, 2.45) is 0 Å². The third-order valence-corrected chi connectivity index (χ3v) is 5.34. The van der Waals surface area contributed by atoms with Gasteiger partial charge in [0.2, 0.25) is 0 Å². The van der Waals surface area contributed by atoms with Crippen LogP contribution in [0.25, 0.3) is 5.70 Å². The molecule has 0 saturated carbocycles. The van der Waals surface area contributed by atoms with E-state index in [4.69, 9.17) is 4.74 Å². The molecule has 0 aromatic carbocycles. The summed E-state index contributed by atoms with van der Waals surface area (Å²) < 4.78 is 4.80. The van der Waals surface area contributed by atoms with Gasteiger partial charge in [0.05, 0.1) is 18.8 Å². The first kappa shape index (κ1) is 16.8. The molecule has 1 aromatic rings. The minimum absolute atomic E-state index is 0.227. The lowest BCUT2D eigenvalue weighted by Crippen LogP contribution is -2.50. The predicted octanol–water partition coefficient (Wildman–Crippen LogP) is 1.59. The number of hydrogen-bond donors (Lipinski definition) is 0. The number of nitrogens with zero attached hydrogens (tertiary/aromatic N) is 3. The standard InChI is InChI=1S/C17H23N3O3S/c1-3-18-11-14(13-5-10-24-15(13)12-18)19-6-8-20(9-7-19)16(21)17(22)23-4-2/h5,10-11H,3-4,6-9,12H2,1-2H3. The number of fused-ring (bicyclic) bond motifs is 1. The van der Waals surface area contributed by atoms with E-state index in [1.165, 1.54) is 16.1 Å². The molecule has 2 aliphatic rings. The van der Waals surface area contributed by atoms with Crippen molar-refractivity contribution >= 4 is 28.9 Å². The molecule has 3 heterocycles. The Morgan fingerprint density at radius 1 is 1.21 bits per heavy atom. The average Bonchev–Trinajstić information content (AvgIpc) is 3.09. The van der Waals surface area contributed by atoms with Crippen molar-refractivity contribution in [2.45, 2.75) is 20.4 Å². The van der Waals surface area contributed by atoms with Crippen LogP contribution in [0.3, 0.4) is 0 Å². The van der Waals surface area contributed by atoms with Crippen LogP contribution in [-0.4, -0.2) is 65.9 Å². The van der Waals surface area contributed by atoms with E-state index in [1.54, 1.807) is 23.2 Å². The Kier molecular flexibility index (Phi) is 5.08. The SMILES string of the molecule is CCOC(=O)C(=O)N1CCN(C2=CN(CC)Cc3sccc32)CC1. The second-order valence-electron chi connectivity index (χ2n) is 5.83. The van der Waals surface area contributed by atoms with Crippen LogP contribution in [-0.2, 0) is 20.9 Å². The molecule has 0 unspecified atom stereocenters. The van der Waals surface area contributed by atoms with Crippen LogP contribution in [0.2, 0.25) is 0 Å². The Morgan fingerprint density at radius 3 is 2.62 bits per heavy atom. The Bertz CT molecular complexity index is 647. The van der Waals surface area contributed by atoms with Gasteiger partial charge >= 0.3 is 11.9 Å². The van der Waals surface area contributed by atoms with Crippen LogP contribution in [0.4, 0.5) is 0 Å². The van der Waals surface area contributed by atoms with Crippen molar-refractivity contribution in [3.05, 3.63) is 28.1 Å². The van der Waals surface area contributed by atoms with Gasteiger partial charge in [-0.2, -0.15) is 0 Å². The van der Waals surface area contributed by atoms with Gasteiger partial charge in [0.1, 0.15) is 0 Å². The molecule has 24 heavy (non-hydrogen) atoms. The van der Waals surface area contributed by atoms with Gasteiger partial charge in [-0.25, -0.2) is 4.79 Å². The first-order valence-electron chi connectivity index (χ1n) is 8.37. The normalized spacial score (nSPS) is 17.4. The number of piperazine rings is 1. The fourth-order valence-corrected chi connectivity index (χ4v) is 4.00. The first-order chi connectivity index (χ1) is 11.6. The number of thiophene rings is 1. The van der Waals surface area contributed by atoms with Crippen LogP contribution in [0.15, 0.2) is 17.6 Å². The highest BCUT2D eigenvalue weighted by Gasteiger charge is 2.29. The molecule has 3 rings (SSSR count). The number of esters is 1. The maximum absolute atomic E-state index is 12.0. The number of hydrogen-bond acceptors (Lipinski definition) is 6. The highest BCUT2D eigenvalue weighted by atomic mass is 32.1. The molecule has 1 aromatic heterocycles. The lowest BCUT2D eigenvalue weighted by Gasteiger charge is -2.39. The molecule has 6 nitrogen and oxygen atoms in total. The summed E-state index contributed by atoms with van der Waals surface area (Å²) in [6.07, 6.45) is 2.22. The van der Waals surface area contributed by atoms with E-state index in [-0.39, 0.29) is 6.61 Å². The van der Waals surface area contributed by atoms with Gasteiger partial charge in [0.15, 0.2) is 0 Å². The number of carbonyl (C=O) groups excluding carboxylic acids is 2. The van der Waals surface area contributed by atoms with Crippen molar-refractivity contribution < 1.29 is 14.3 Å². The largest absolute Gasteiger partial charge is 0.459 e. The van der Waals surface area contributed by atoms with E-state index in [1.807, 2.05) is 0 Å². The molecule has 0 N–H and O–H groups in total. The summed E-state index contributed by atoms with van der Waals surface area (Å²) in [7, 11) is 0. The lowest BCUT2D eigenvalue weighted by atomic mass is 10.1. The summed E-state index contributed by atoms with van der Waals surface area (Å²) in [5.41, 5.74) is 2.53. The van der Waals surface area contributed by atoms with Gasteiger partial charge < -0.3 is 19.4 Å². The van der Waals surface area contributed by atoms with E-state index in [9.17, 15) is 9.59 Å². The average molecular weight is 349 g/mol. The zero-order valence-electron chi connectivity index (χ0n) is 14.2. The molecule has 0 aliphatic carbocycles. The van der Waals surface area contributed by atoms with E-state index in [2.05, 4.69) is 34.4 Å². The maximum Gasteiger partial charge on any atom is 0.397 e. The smallest absolute Gasteiger partial charge is 0.397 e. The van der Waals surface area contributed by atoms with E-state index >= 15 is 0 Å². The van der Waals surface area contributed by atoms with Crippen molar-refractivity contribution in [1.29, 1.82) is 0 Å².